The van der Waals surface area contributed by atoms with Gasteiger partial charge in [-0.15, -0.1) is 0 Å². The Balaban J connectivity index is 2.68. The van der Waals surface area contributed by atoms with Gasteiger partial charge in [-0.05, 0) is 32.8 Å². The lowest BCUT2D eigenvalue weighted by Crippen LogP contribution is -2.30. The number of esters is 1. The van der Waals surface area contributed by atoms with Crippen molar-refractivity contribution in [2.75, 3.05) is 7.11 Å². The molecule has 0 spiro atoms. The average molecular weight is 249 g/mol. The number of carbonyl (C=O) groups excluding carboxylic acids is 2. The van der Waals surface area contributed by atoms with Crippen molar-refractivity contribution >= 4 is 11.8 Å². The highest BCUT2D eigenvalue weighted by atomic mass is 16.5. The van der Waals surface area contributed by atoms with E-state index in [1.807, 2.05) is 0 Å². The summed E-state index contributed by atoms with van der Waals surface area (Å²) < 4.78 is 6.12. The fourth-order valence-corrected chi connectivity index (χ4v) is 2.46. The van der Waals surface area contributed by atoms with E-state index in [4.69, 9.17) is 4.74 Å². The molecule has 1 aromatic heterocycles. The molecule has 0 saturated heterocycles. The summed E-state index contributed by atoms with van der Waals surface area (Å²) in [7, 11) is 1.30. The van der Waals surface area contributed by atoms with Crippen molar-refractivity contribution < 1.29 is 14.3 Å². The molecule has 0 bridgehead atoms. The Kier molecular flexibility index (Phi) is 3.07. The standard InChI is InChI=1S/C13H15NO4/c1-7-6-9(8(2)15)10-4-5-11(13(17)18-3)14(10)12(7)16/h6,11H,4-5H2,1-3H3. The van der Waals surface area contributed by atoms with Crippen molar-refractivity contribution in [1.29, 1.82) is 0 Å². The predicted octanol–water partition coefficient (Wildman–Crippen LogP) is 1.02. The fraction of sp³-hybridized carbons (Fsp3) is 0.462. The van der Waals surface area contributed by atoms with Crippen molar-refractivity contribution in [3.05, 3.63) is 33.2 Å². The molecule has 1 aliphatic rings. The first-order valence-electron chi connectivity index (χ1n) is 5.81. The molecule has 2 heterocycles. The molecule has 1 aliphatic heterocycles. The van der Waals surface area contributed by atoms with E-state index in [-0.39, 0.29) is 11.3 Å². The number of Topliss-reactive ketones (excluding diaryl/α,β-unsaturated/α-hetero) is 1. The smallest absolute Gasteiger partial charge is 0.328 e. The molecule has 5 heteroatoms. The number of nitrogens with zero attached hydrogens (tertiary/aromatic N) is 1. The highest BCUT2D eigenvalue weighted by Gasteiger charge is 2.32. The van der Waals surface area contributed by atoms with Crippen LogP contribution in [0.3, 0.4) is 0 Å². The van der Waals surface area contributed by atoms with Crippen LogP contribution in [-0.4, -0.2) is 23.4 Å². The number of hydrogen-bond acceptors (Lipinski definition) is 4. The van der Waals surface area contributed by atoms with Gasteiger partial charge in [0.25, 0.3) is 5.56 Å². The van der Waals surface area contributed by atoms with Crippen molar-refractivity contribution in [2.45, 2.75) is 32.7 Å². The third-order valence-electron chi connectivity index (χ3n) is 3.34. The molecule has 0 aromatic carbocycles. The molecule has 0 saturated carbocycles. The highest BCUT2D eigenvalue weighted by Crippen LogP contribution is 2.27. The molecule has 2 rings (SSSR count). The first-order valence-corrected chi connectivity index (χ1v) is 5.81. The number of hydrogen-bond donors (Lipinski definition) is 0. The zero-order valence-electron chi connectivity index (χ0n) is 10.6. The number of carbonyl (C=O) groups is 2. The lowest BCUT2D eigenvalue weighted by molar-refractivity contribution is -0.144. The largest absolute Gasteiger partial charge is 0.467 e. The van der Waals surface area contributed by atoms with E-state index in [0.717, 1.165) is 0 Å². The molecule has 96 valence electrons. The summed E-state index contributed by atoms with van der Waals surface area (Å²) in [5, 5.41) is 0. The number of rotatable bonds is 2. The lowest BCUT2D eigenvalue weighted by atomic mass is 10.1. The van der Waals surface area contributed by atoms with E-state index in [0.29, 0.717) is 29.7 Å². The van der Waals surface area contributed by atoms with Gasteiger partial charge in [-0.1, -0.05) is 0 Å². The van der Waals surface area contributed by atoms with Gasteiger partial charge < -0.3 is 4.74 Å². The van der Waals surface area contributed by atoms with Crippen LogP contribution in [0.1, 0.15) is 41.0 Å². The summed E-state index contributed by atoms with van der Waals surface area (Å²) in [5.74, 6) is -0.525. The Morgan fingerprint density at radius 2 is 2.11 bits per heavy atom. The third kappa shape index (κ3) is 1.75. The first kappa shape index (κ1) is 12.5. The van der Waals surface area contributed by atoms with E-state index < -0.39 is 12.0 Å². The molecule has 1 aromatic rings. The molecule has 1 unspecified atom stereocenters. The summed E-state index contributed by atoms with van der Waals surface area (Å²) in [6, 6.07) is 1.01. The topological polar surface area (TPSA) is 65.4 Å². The van der Waals surface area contributed by atoms with Gasteiger partial charge in [0, 0.05) is 16.8 Å². The zero-order chi connectivity index (χ0) is 13.4. The van der Waals surface area contributed by atoms with Crippen molar-refractivity contribution in [2.24, 2.45) is 0 Å². The minimum absolute atomic E-state index is 0.0904. The molecule has 0 amide bonds. The van der Waals surface area contributed by atoms with Crippen LogP contribution in [0.5, 0.6) is 0 Å². The second-order valence-corrected chi connectivity index (χ2v) is 4.50. The SMILES string of the molecule is COC(=O)C1CCc2c(C(C)=O)cc(C)c(=O)n21. The predicted molar refractivity (Wildman–Crippen MR) is 64.8 cm³/mol. The molecule has 0 fully saturated rings. The van der Waals surface area contributed by atoms with Crippen LogP contribution < -0.4 is 5.56 Å². The van der Waals surface area contributed by atoms with Crippen molar-refractivity contribution in [3.63, 3.8) is 0 Å². The summed E-state index contributed by atoms with van der Waals surface area (Å²) in [4.78, 5) is 35.3. The summed E-state index contributed by atoms with van der Waals surface area (Å²) in [5.41, 5.74) is 1.43. The number of ketones is 1. The van der Waals surface area contributed by atoms with Gasteiger partial charge in [-0.25, -0.2) is 4.79 Å². The highest BCUT2D eigenvalue weighted by molar-refractivity contribution is 5.95. The van der Waals surface area contributed by atoms with Crippen molar-refractivity contribution in [3.8, 4) is 0 Å². The van der Waals surface area contributed by atoms with Crippen LogP contribution in [0, 0.1) is 6.92 Å². The Hall–Kier alpha value is -1.91. The number of pyridine rings is 1. The molecule has 5 nitrogen and oxygen atoms in total. The van der Waals surface area contributed by atoms with Gasteiger partial charge in [-0.3, -0.25) is 14.2 Å². The minimum Gasteiger partial charge on any atom is -0.467 e. The Morgan fingerprint density at radius 3 is 2.67 bits per heavy atom. The number of fused-ring (bicyclic) bond motifs is 1. The molecule has 18 heavy (non-hydrogen) atoms. The maximum absolute atomic E-state index is 12.1. The van der Waals surface area contributed by atoms with Crippen molar-refractivity contribution in [1.82, 2.24) is 4.57 Å². The summed E-state index contributed by atoms with van der Waals surface area (Å²) in [6.45, 7) is 3.11. The van der Waals surface area contributed by atoms with Crippen LogP contribution in [0.4, 0.5) is 0 Å². The second kappa shape index (κ2) is 4.40. The fourth-order valence-electron chi connectivity index (χ4n) is 2.46. The number of aromatic nitrogens is 1. The summed E-state index contributed by atoms with van der Waals surface area (Å²) >= 11 is 0. The molecule has 0 radical (unpaired) electrons. The number of ether oxygens (including phenoxy) is 1. The molecular weight excluding hydrogens is 234 g/mol. The van der Waals surface area contributed by atoms with Gasteiger partial charge in [0.15, 0.2) is 5.78 Å². The molecule has 0 aliphatic carbocycles. The Bertz CT molecular complexity index is 585. The summed E-state index contributed by atoms with van der Waals surface area (Å²) in [6.07, 6.45) is 1.05. The van der Waals surface area contributed by atoms with Crippen LogP contribution in [0.15, 0.2) is 10.9 Å². The van der Waals surface area contributed by atoms with E-state index in [2.05, 4.69) is 0 Å². The van der Waals surface area contributed by atoms with E-state index >= 15 is 0 Å². The average Bonchev–Trinajstić information content (AvgIpc) is 2.77. The monoisotopic (exact) mass is 249 g/mol. The van der Waals surface area contributed by atoms with Gasteiger partial charge in [0.2, 0.25) is 0 Å². The lowest BCUT2D eigenvalue weighted by Gasteiger charge is -2.14. The molecule has 1 atom stereocenters. The number of methoxy groups -OCH3 is 1. The Labute approximate surface area is 104 Å². The van der Waals surface area contributed by atoms with Crippen LogP contribution in [0.2, 0.25) is 0 Å². The quantitative estimate of drug-likeness (QED) is 0.580. The maximum Gasteiger partial charge on any atom is 0.328 e. The van der Waals surface area contributed by atoms with E-state index in [1.165, 1.54) is 18.6 Å². The van der Waals surface area contributed by atoms with Crippen LogP contribution >= 0.6 is 0 Å². The van der Waals surface area contributed by atoms with E-state index in [9.17, 15) is 14.4 Å². The molecule has 0 N–H and O–H groups in total. The maximum atomic E-state index is 12.1. The van der Waals surface area contributed by atoms with Gasteiger partial charge in [0.05, 0.1) is 7.11 Å². The third-order valence-corrected chi connectivity index (χ3v) is 3.34. The van der Waals surface area contributed by atoms with Gasteiger partial charge in [0.1, 0.15) is 6.04 Å². The van der Waals surface area contributed by atoms with Crippen LogP contribution in [-0.2, 0) is 16.0 Å². The van der Waals surface area contributed by atoms with Gasteiger partial charge in [-0.2, -0.15) is 0 Å². The minimum atomic E-state index is -0.601. The first-order chi connectivity index (χ1) is 8.47. The van der Waals surface area contributed by atoms with Crippen LogP contribution in [0.25, 0.3) is 0 Å². The number of aryl methyl sites for hydroxylation is 1. The zero-order valence-corrected chi connectivity index (χ0v) is 10.6. The Morgan fingerprint density at radius 1 is 1.44 bits per heavy atom. The molecular formula is C13H15NO4. The second-order valence-electron chi connectivity index (χ2n) is 4.50. The van der Waals surface area contributed by atoms with Gasteiger partial charge >= 0.3 is 5.97 Å². The normalized spacial score (nSPS) is 17.4. The van der Waals surface area contributed by atoms with E-state index in [1.54, 1.807) is 13.0 Å².